The Labute approximate surface area is 141 Å². The van der Waals surface area contributed by atoms with E-state index >= 15 is 0 Å². The lowest BCUT2D eigenvalue weighted by atomic mass is 10.1. The highest BCUT2D eigenvalue weighted by Gasteiger charge is 1.96. The van der Waals surface area contributed by atoms with Crippen molar-refractivity contribution in [3.8, 4) is 0 Å². The number of unbranched alkanes of at least 4 members (excludes halogenated alkanes) is 1. The summed E-state index contributed by atoms with van der Waals surface area (Å²) in [6.07, 6.45) is 24.0. The number of carbonyl (C=O) groups is 1. The highest BCUT2D eigenvalue weighted by Crippen LogP contribution is 2.02. The van der Waals surface area contributed by atoms with E-state index in [1.165, 1.54) is 0 Å². The van der Waals surface area contributed by atoms with Crippen molar-refractivity contribution >= 4 is 5.97 Å². The number of aliphatic hydroxyl groups is 1. The summed E-state index contributed by atoms with van der Waals surface area (Å²) >= 11 is 0. The quantitative estimate of drug-likeness (QED) is 0.342. The highest BCUT2D eigenvalue weighted by atomic mass is 16.4. The fraction of sp³-hybridized carbons (Fsp3) is 0.550. The fourth-order valence-electron chi connectivity index (χ4n) is 1.91. The predicted molar refractivity (Wildman–Crippen MR) is 97.4 cm³/mol. The van der Waals surface area contributed by atoms with Crippen LogP contribution in [0.5, 0.6) is 0 Å². The third-order valence-corrected chi connectivity index (χ3v) is 3.38. The summed E-state index contributed by atoms with van der Waals surface area (Å²) in [6.45, 7) is 2.00. The Balaban J connectivity index is 3.46. The van der Waals surface area contributed by atoms with Crippen molar-refractivity contribution in [2.24, 2.45) is 0 Å². The van der Waals surface area contributed by atoms with E-state index < -0.39 is 5.97 Å². The minimum Gasteiger partial charge on any atom is -0.481 e. The van der Waals surface area contributed by atoms with E-state index in [1.54, 1.807) is 0 Å². The van der Waals surface area contributed by atoms with E-state index in [0.717, 1.165) is 44.9 Å². The van der Waals surface area contributed by atoms with Gasteiger partial charge < -0.3 is 10.2 Å². The molecule has 0 spiro atoms. The molecule has 0 heterocycles. The standard InChI is InChI=1S/C20H32O3/c1-2-19(21)17-15-13-11-9-7-5-3-4-6-8-10-12-14-16-18-20(22)23/h4-7,10-13,19,21H,2-3,8-9,14-18H2,1H3,(H,22,23)/b6-4-,7-5-,12-10-,13-11-/t19-/m0/s1. The van der Waals surface area contributed by atoms with Crippen LogP contribution in [0.4, 0.5) is 0 Å². The van der Waals surface area contributed by atoms with Gasteiger partial charge in [0.2, 0.25) is 0 Å². The smallest absolute Gasteiger partial charge is 0.303 e. The second-order valence-electron chi connectivity index (χ2n) is 5.52. The van der Waals surface area contributed by atoms with Gasteiger partial charge in [0.05, 0.1) is 6.10 Å². The molecule has 0 aromatic carbocycles. The Kier molecular flexibility index (Phi) is 15.6. The van der Waals surface area contributed by atoms with Crippen LogP contribution in [0.15, 0.2) is 48.6 Å². The summed E-state index contributed by atoms with van der Waals surface area (Å²) < 4.78 is 0. The molecule has 0 rings (SSSR count). The molecule has 3 nitrogen and oxygen atoms in total. The normalized spacial score (nSPS) is 13.8. The summed E-state index contributed by atoms with van der Waals surface area (Å²) in [7, 11) is 0. The first kappa shape index (κ1) is 21.4. The number of hydrogen-bond acceptors (Lipinski definition) is 2. The van der Waals surface area contributed by atoms with Gasteiger partial charge >= 0.3 is 5.97 Å². The van der Waals surface area contributed by atoms with Gasteiger partial charge in [-0.05, 0) is 51.4 Å². The molecular weight excluding hydrogens is 288 g/mol. The Morgan fingerprint density at radius 2 is 1.35 bits per heavy atom. The second kappa shape index (κ2) is 16.8. The molecule has 1 atom stereocenters. The number of rotatable bonds is 14. The first-order valence-electron chi connectivity index (χ1n) is 8.66. The average molecular weight is 320 g/mol. The molecule has 0 saturated heterocycles. The van der Waals surface area contributed by atoms with Crippen molar-refractivity contribution in [3.63, 3.8) is 0 Å². The van der Waals surface area contributed by atoms with Crippen LogP contribution in [0.3, 0.4) is 0 Å². The Morgan fingerprint density at radius 3 is 1.83 bits per heavy atom. The first-order chi connectivity index (χ1) is 11.2. The molecule has 0 unspecified atom stereocenters. The van der Waals surface area contributed by atoms with Gasteiger partial charge in [-0.1, -0.05) is 55.5 Å². The molecule has 0 aliphatic carbocycles. The predicted octanol–water partition coefficient (Wildman–Crippen LogP) is 5.19. The topological polar surface area (TPSA) is 57.5 Å². The molecule has 23 heavy (non-hydrogen) atoms. The number of aliphatic carboxylic acids is 1. The Bertz CT molecular complexity index is 392. The number of carboxylic acids is 1. The molecule has 0 aliphatic heterocycles. The van der Waals surface area contributed by atoms with Crippen LogP contribution in [-0.4, -0.2) is 22.3 Å². The molecule has 3 heteroatoms. The van der Waals surface area contributed by atoms with E-state index in [2.05, 4.69) is 42.5 Å². The summed E-state index contributed by atoms with van der Waals surface area (Å²) in [5.74, 6) is -0.724. The maximum atomic E-state index is 10.3. The second-order valence-corrected chi connectivity index (χ2v) is 5.52. The van der Waals surface area contributed by atoms with Crippen molar-refractivity contribution in [2.75, 3.05) is 0 Å². The largest absolute Gasteiger partial charge is 0.481 e. The summed E-state index contributed by atoms with van der Waals surface area (Å²) in [6, 6.07) is 0. The highest BCUT2D eigenvalue weighted by molar-refractivity contribution is 5.66. The molecule has 0 aromatic heterocycles. The zero-order valence-corrected chi connectivity index (χ0v) is 14.4. The zero-order chi connectivity index (χ0) is 17.2. The summed E-state index contributed by atoms with van der Waals surface area (Å²) in [5, 5.41) is 17.9. The van der Waals surface area contributed by atoms with Gasteiger partial charge in [-0.3, -0.25) is 4.79 Å². The van der Waals surface area contributed by atoms with Crippen LogP contribution in [0, 0.1) is 0 Å². The molecular formula is C20H32O3. The molecule has 0 radical (unpaired) electrons. The minimum atomic E-state index is -0.724. The molecule has 0 saturated carbocycles. The SMILES string of the molecule is CC[C@H](O)CC/C=C\C/C=C\C/C=C\C/C=C\CCCC(=O)O. The van der Waals surface area contributed by atoms with Crippen molar-refractivity contribution in [1.82, 2.24) is 0 Å². The minimum absolute atomic E-state index is 0.161. The number of allylic oxidation sites excluding steroid dienone is 8. The van der Waals surface area contributed by atoms with E-state index in [1.807, 2.05) is 13.0 Å². The van der Waals surface area contributed by atoms with Crippen LogP contribution >= 0.6 is 0 Å². The molecule has 0 amide bonds. The van der Waals surface area contributed by atoms with Gasteiger partial charge in [-0.2, -0.15) is 0 Å². The number of hydrogen-bond donors (Lipinski definition) is 2. The third-order valence-electron chi connectivity index (χ3n) is 3.38. The van der Waals surface area contributed by atoms with Gasteiger partial charge in [0.15, 0.2) is 0 Å². The van der Waals surface area contributed by atoms with Crippen LogP contribution in [0.25, 0.3) is 0 Å². The number of aliphatic hydroxyl groups excluding tert-OH is 1. The average Bonchev–Trinajstić information content (AvgIpc) is 2.53. The number of carboxylic acid groups (broad SMARTS) is 1. The Morgan fingerprint density at radius 1 is 0.870 bits per heavy atom. The third kappa shape index (κ3) is 18.3. The van der Waals surface area contributed by atoms with Gasteiger partial charge in [-0.15, -0.1) is 0 Å². The van der Waals surface area contributed by atoms with E-state index in [9.17, 15) is 9.90 Å². The van der Waals surface area contributed by atoms with Crippen molar-refractivity contribution in [3.05, 3.63) is 48.6 Å². The van der Waals surface area contributed by atoms with Crippen LogP contribution in [-0.2, 0) is 4.79 Å². The van der Waals surface area contributed by atoms with Crippen molar-refractivity contribution in [1.29, 1.82) is 0 Å². The first-order valence-corrected chi connectivity index (χ1v) is 8.66. The Hall–Kier alpha value is -1.61. The van der Waals surface area contributed by atoms with E-state index in [0.29, 0.717) is 6.42 Å². The molecule has 0 bridgehead atoms. The lowest BCUT2D eigenvalue weighted by Crippen LogP contribution is -2.02. The van der Waals surface area contributed by atoms with E-state index in [4.69, 9.17) is 5.11 Å². The lowest BCUT2D eigenvalue weighted by Gasteiger charge is -2.03. The monoisotopic (exact) mass is 320 g/mol. The van der Waals surface area contributed by atoms with Crippen LogP contribution in [0.1, 0.15) is 64.7 Å². The lowest BCUT2D eigenvalue weighted by molar-refractivity contribution is -0.137. The fourth-order valence-corrected chi connectivity index (χ4v) is 1.91. The molecule has 0 fully saturated rings. The summed E-state index contributed by atoms with van der Waals surface area (Å²) in [4.78, 5) is 10.3. The molecule has 0 aliphatic rings. The summed E-state index contributed by atoms with van der Waals surface area (Å²) in [5.41, 5.74) is 0. The van der Waals surface area contributed by atoms with Gasteiger partial charge in [0, 0.05) is 6.42 Å². The maximum absolute atomic E-state index is 10.3. The van der Waals surface area contributed by atoms with Crippen LogP contribution in [0.2, 0.25) is 0 Å². The zero-order valence-electron chi connectivity index (χ0n) is 14.4. The molecule has 130 valence electrons. The van der Waals surface area contributed by atoms with Crippen LogP contribution < -0.4 is 0 Å². The van der Waals surface area contributed by atoms with E-state index in [-0.39, 0.29) is 12.5 Å². The van der Waals surface area contributed by atoms with Crippen molar-refractivity contribution < 1.29 is 15.0 Å². The maximum Gasteiger partial charge on any atom is 0.303 e. The molecule has 2 N–H and O–H groups in total. The van der Waals surface area contributed by atoms with Gasteiger partial charge in [0.25, 0.3) is 0 Å². The van der Waals surface area contributed by atoms with Gasteiger partial charge in [-0.25, -0.2) is 0 Å². The van der Waals surface area contributed by atoms with Crippen molar-refractivity contribution in [2.45, 2.75) is 70.8 Å². The van der Waals surface area contributed by atoms with Gasteiger partial charge in [0.1, 0.15) is 0 Å². The molecule has 0 aromatic rings.